The van der Waals surface area contributed by atoms with Gasteiger partial charge in [0.1, 0.15) is 18.1 Å². The fourth-order valence-corrected chi connectivity index (χ4v) is 3.70. The molecule has 0 saturated heterocycles. The van der Waals surface area contributed by atoms with Crippen LogP contribution in [-0.2, 0) is 25.6 Å². The molecular formula is C26H42N4O5. The number of nitrogens with one attached hydrogen (secondary N) is 3. The summed E-state index contributed by atoms with van der Waals surface area (Å²) in [5.41, 5.74) is 6.80. The Labute approximate surface area is 208 Å². The normalized spacial score (nSPS) is 14.8. The van der Waals surface area contributed by atoms with Crippen molar-refractivity contribution in [2.24, 2.45) is 23.5 Å². The lowest BCUT2D eigenvalue weighted by molar-refractivity contribution is -0.143. The number of carboxylic acids is 1. The molecule has 3 amide bonds. The van der Waals surface area contributed by atoms with Gasteiger partial charge in [0, 0.05) is 6.42 Å². The number of carbonyl (C=O) groups is 4. The second-order valence-electron chi connectivity index (χ2n) is 10.2. The second-order valence-corrected chi connectivity index (χ2v) is 10.2. The number of rotatable bonds is 14. The fourth-order valence-electron chi connectivity index (χ4n) is 3.70. The molecule has 0 aliphatic carbocycles. The highest BCUT2D eigenvalue weighted by atomic mass is 16.4. The summed E-state index contributed by atoms with van der Waals surface area (Å²) >= 11 is 0. The number of carbonyl (C=O) groups excluding carboxylic acids is 3. The van der Waals surface area contributed by atoms with E-state index in [4.69, 9.17) is 5.73 Å². The van der Waals surface area contributed by atoms with E-state index in [2.05, 4.69) is 16.0 Å². The first kappa shape index (κ1) is 30.1. The summed E-state index contributed by atoms with van der Waals surface area (Å²) in [6.07, 6.45) is 1.00. The van der Waals surface area contributed by atoms with Crippen molar-refractivity contribution in [2.75, 3.05) is 0 Å². The van der Waals surface area contributed by atoms with Gasteiger partial charge in [0.15, 0.2) is 0 Å². The molecule has 4 atom stereocenters. The number of hydrogen-bond acceptors (Lipinski definition) is 5. The van der Waals surface area contributed by atoms with Gasteiger partial charge in [-0.15, -0.1) is 0 Å². The van der Waals surface area contributed by atoms with Crippen molar-refractivity contribution in [3.05, 3.63) is 35.9 Å². The van der Waals surface area contributed by atoms with Gasteiger partial charge in [-0.25, -0.2) is 4.79 Å². The Morgan fingerprint density at radius 2 is 1.29 bits per heavy atom. The van der Waals surface area contributed by atoms with Crippen LogP contribution in [0.25, 0.3) is 0 Å². The minimum atomic E-state index is -1.15. The van der Waals surface area contributed by atoms with Crippen LogP contribution in [-0.4, -0.2) is 53.0 Å². The topological polar surface area (TPSA) is 151 Å². The molecule has 9 nitrogen and oxygen atoms in total. The van der Waals surface area contributed by atoms with Crippen molar-refractivity contribution in [3.8, 4) is 0 Å². The SMILES string of the molecule is CC(C)CC(N)C(=O)NC(CC(C)C)C(=O)NC(Cc1ccccc1)C(=O)NC(C(=O)O)C(C)C. The number of nitrogens with two attached hydrogens (primary N) is 1. The van der Waals surface area contributed by atoms with E-state index in [1.807, 2.05) is 58.0 Å². The van der Waals surface area contributed by atoms with Gasteiger partial charge >= 0.3 is 5.97 Å². The lowest BCUT2D eigenvalue weighted by Crippen LogP contribution is -2.58. The molecule has 0 saturated carbocycles. The van der Waals surface area contributed by atoms with E-state index in [0.717, 1.165) is 5.56 Å². The minimum absolute atomic E-state index is 0.0890. The third kappa shape index (κ3) is 10.9. The van der Waals surface area contributed by atoms with E-state index >= 15 is 0 Å². The van der Waals surface area contributed by atoms with Crippen LogP contribution in [0.1, 0.15) is 59.9 Å². The maximum atomic E-state index is 13.3. The Morgan fingerprint density at radius 1 is 0.771 bits per heavy atom. The number of hydrogen-bond donors (Lipinski definition) is 5. The van der Waals surface area contributed by atoms with Crippen molar-refractivity contribution in [2.45, 2.75) is 85.0 Å². The highest BCUT2D eigenvalue weighted by Gasteiger charge is 2.31. The summed E-state index contributed by atoms with van der Waals surface area (Å²) in [6, 6.07) is 5.36. The number of carboxylic acid groups (broad SMARTS) is 1. The monoisotopic (exact) mass is 490 g/mol. The van der Waals surface area contributed by atoms with Crippen LogP contribution in [0.5, 0.6) is 0 Å². The summed E-state index contributed by atoms with van der Waals surface area (Å²) < 4.78 is 0. The Bertz CT molecular complexity index is 841. The van der Waals surface area contributed by atoms with Crippen LogP contribution in [0, 0.1) is 17.8 Å². The minimum Gasteiger partial charge on any atom is -0.480 e. The van der Waals surface area contributed by atoms with Gasteiger partial charge in [-0.1, -0.05) is 71.9 Å². The molecule has 4 unspecified atom stereocenters. The standard InChI is InChI=1S/C26H42N4O5/c1-15(2)12-19(27)23(31)28-20(13-16(3)4)24(32)29-21(14-18-10-8-7-9-11-18)25(33)30-22(17(5)6)26(34)35/h7-11,15-17,19-22H,12-14,27H2,1-6H3,(H,28,31)(H,29,32)(H,30,33)(H,34,35). The number of aliphatic carboxylic acids is 1. The van der Waals surface area contributed by atoms with Gasteiger partial charge < -0.3 is 26.8 Å². The number of amides is 3. The van der Waals surface area contributed by atoms with Crippen LogP contribution in [0.3, 0.4) is 0 Å². The molecule has 1 aromatic carbocycles. The molecular weight excluding hydrogens is 448 g/mol. The lowest BCUT2D eigenvalue weighted by Gasteiger charge is -2.27. The van der Waals surface area contributed by atoms with Crippen molar-refractivity contribution in [1.82, 2.24) is 16.0 Å². The molecule has 9 heteroatoms. The zero-order valence-electron chi connectivity index (χ0n) is 21.7. The highest BCUT2D eigenvalue weighted by Crippen LogP contribution is 2.10. The summed E-state index contributed by atoms with van der Waals surface area (Å²) in [6.45, 7) is 11.2. The smallest absolute Gasteiger partial charge is 0.326 e. The third-order valence-corrected chi connectivity index (χ3v) is 5.55. The molecule has 0 spiro atoms. The lowest BCUT2D eigenvalue weighted by atomic mass is 9.99. The zero-order valence-corrected chi connectivity index (χ0v) is 21.7. The maximum absolute atomic E-state index is 13.3. The Balaban J connectivity index is 3.11. The van der Waals surface area contributed by atoms with Crippen molar-refractivity contribution < 1.29 is 24.3 Å². The maximum Gasteiger partial charge on any atom is 0.326 e. The third-order valence-electron chi connectivity index (χ3n) is 5.55. The first-order valence-corrected chi connectivity index (χ1v) is 12.2. The summed E-state index contributed by atoms with van der Waals surface area (Å²) in [4.78, 5) is 50.6. The van der Waals surface area contributed by atoms with Crippen LogP contribution in [0.2, 0.25) is 0 Å². The van der Waals surface area contributed by atoms with Gasteiger partial charge in [0.2, 0.25) is 17.7 Å². The van der Waals surface area contributed by atoms with Gasteiger partial charge in [0.25, 0.3) is 0 Å². The van der Waals surface area contributed by atoms with Gasteiger partial charge in [-0.05, 0) is 36.2 Å². The summed E-state index contributed by atoms with van der Waals surface area (Å²) in [5.74, 6) is -2.73. The molecule has 0 radical (unpaired) electrons. The zero-order chi connectivity index (χ0) is 26.7. The molecule has 0 heterocycles. The van der Waals surface area contributed by atoms with E-state index < -0.39 is 47.9 Å². The van der Waals surface area contributed by atoms with Crippen LogP contribution >= 0.6 is 0 Å². The summed E-state index contributed by atoms with van der Waals surface area (Å²) in [7, 11) is 0. The van der Waals surface area contributed by atoms with Gasteiger partial charge in [0.05, 0.1) is 6.04 Å². The van der Waals surface area contributed by atoms with E-state index in [9.17, 15) is 24.3 Å². The largest absolute Gasteiger partial charge is 0.480 e. The Morgan fingerprint density at radius 3 is 1.77 bits per heavy atom. The molecule has 35 heavy (non-hydrogen) atoms. The highest BCUT2D eigenvalue weighted by molar-refractivity contribution is 5.94. The predicted molar refractivity (Wildman–Crippen MR) is 135 cm³/mol. The quantitative estimate of drug-likeness (QED) is 0.268. The van der Waals surface area contributed by atoms with E-state index in [0.29, 0.717) is 12.8 Å². The summed E-state index contributed by atoms with van der Waals surface area (Å²) in [5, 5.41) is 17.5. The van der Waals surface area contributed by atoms with E-state index in [-0.39, 0.29) is 24.2 Å². The van der Waals surface area contributed by atoms with Crippen molar-refractivity contribution in [1.29, 1.82) is 0 Å². The van der Waals surface area contributed by atoms with Crippen molar-refractivity contribution >= 4 is 23.7 Å². The Kier molecular flexibility index (Phi) is 12.4. The van der Waals surface area contributed by atoms with Crippen molar-refractivity contribution in [3.63, 3.8) is 0 Å². The number of benzene rings is 1. The van der Waals surface area contributed by atoms with Crippen LogP contribution < -0.4 is 21.7 Å². The first-order valence-electron chi connectivity index (χ1n) is 12.2. The molecule has 0 fully saturated rings. The average molecular weight is 491 g/mol. The van der Waals surface area contributed by atoms with Crippen LogP contribution in [0.4, 0.5) is 0 Å². The van der Waals surface area contributed by atoms with Crippen LogP contribution in [0.15, 0.2) is 30.3 Å². The molecule has 0 bridgehead atoms. The van der Waals surface area contributed by atoms with E-state index in [1.165, 1.54) is 0 Å². The Hall–Kier alpha value is -2.94. The molecule has 0 aliphatic rings. The molecule has 1 rings (SSSR count). The molecule has 6 N–H and O–H groups in total. The molecule has 0 aromatic heterocycles. The molecule has 0 aliphatic heterocycles. The average Bonchev–Trinajstić information content (AvgIpc) is 2.75. The molecule has 1 aromatic rings. The van der Waals surface area contributed by atoms with Gasteiger partial charge in [-0.3, -0.25) is 14.4 Å². The van der Waals surface area contributed by atoms with Gasteiger partial charge in [-0.2, -0.15) is 0 Å². The predicted octanol–water partition coefficient (Wildman–Crippen LogP) is 1.84. The first-order chi connectivity index (χ1) is 16.3. The van der Waals surface area contributed by atoms with E-state index in [1.54, 1.807) is 13.8 Å². The fraction of sp³-hybridized carbons (Fsp3) is 0.615. The second kappa shape index (κ2) is 14.5. The molecule has 196 valence electrons.